The molecular weight excluding hydrogens is 136 g/mol. The van der Waals surface area contributed by atoms with Crippen LogP contribution in [0.4, 0.5) is 0 Å². The highest BCUT2D eigenvalue weighted by Crippen LogP contribution is 2.35. The smallest absolute Gasteiger partial charge is 0.0885 e. The van der Waals surface area contributed by atoms with Gasteiger partial charge in [0.1, 0.15) is 0 Å². The summed E-state index contributed by atoms with van der Waals surface area (Å²) in [6, 6.07) is 9.49. The standard InChI is InChI=1S/C10H9O/c1-2-4-8-6-10-9(11-10)5-7(8)3-1/h1-3,9-10H,5-6H2. The minimum absolute atomic E-state index is 0.529. The second-order valence-corrected chi connectivity index (χ2v) is 3.30. The van der Waals surface area contributed by atoms with E-state index in [1.54, 1.807) is 0 Å². The highest BCUT2D eigenvalue weighted by Gasteiger charge is 2.42. The summed E-state index contributed by atoms with van der Waals surface area (Å²) in [5, 5.41) is 0. The van der Waals surface area contributed by atoms with E-state index in [4.69, 9.17) is 4.74 Å². The molecule has 2 aliphatic rings. The van der Waals surface area contributed by atoms with Gasteiger partial charge in [0, 0.05) is 12.8 Å². The Labute approximate surface area is 66.0 Å². The molecule has 0 aromatic heterocycles. The number of fused-ring (bicyclic) bond motifs is 2. The van der Waals surface area contributed by atoms with Gasteiger partial charge < -0.3 is 4.74 Å². The predicted octanol–water partition coefficient (Wildman–Crippen LogP) is 1.35. The van der Waals surface area contributed by atoms with Gasteiger partial charge in [-0.25, -0.2) is 0 Å². The molecule has 1 aliphatic heterocycles. The molecule has 1 fully saturated rings. The van der Waals surface area contributed by atoms with Crippen molar-refractivity contribution in [3.8, 4) is 0 Å². The van der Waals surface area contributed by atoms with Crippen molar-refractivity contribution >= 4 is 0 Å². The second kappa shape index (κ2) is 1.86. The van der Waals surface area contributed by atoms with Crippen LogP contribution in [-0.2, 0) is 17.6 Å². The number of epoxide rings is 1. The second-order valence-electron chi connectivity index (χ2n) is 3.30. The topological polar surface area (TPSA) is 12.5 Å². The van der Waals surface area contributed by atoms with E-state index in [1.165, 1.54) is 11.1 Å². The lowest BCUT2D eigenvalue weighted by molar-refractivity contribution is 0.375. The Kier molecular flexibility index (Phi) is 0.977. The molecule has 0 spiro atoms. The predicted molar refractivity (Wildman–Crippen MR) is 41.3 cm³/mol. The van der Waals surface area contributed by atoms with Gasteiger partial charge in [-0.2, -0.15) is 0 Å². The molecule has 1 aromatic carbocycles. The van der Waals surface area contributed by atoms with Gasteiger partial charge in [0.2, 0.25) is 0 Å². The Balaban J connectivity index is 2.07. The molecule has 1 heterocycles. The van der Waals surface area contributed by atoms with E-state index in [-0.39, 0.29) is 0 Å². The maximum absolute atomic E-state index is 5.44. The third-order valence-corrected chi connectivity index (χ3v) is 2.55. The van der Waals surface area contributed by atoms with Gasteiger partial charge in [-0.15, -0.1) is 0 Å². The van der Waals surface area contributed by atoms with E-state index in [0.717, 1.165) is 12.8 Å². The molecule has 2 unspecified atom stereocenters. The fraction of sp³-hybridized carbons (Fsp3) is 0.400. The molecule has 1 aromatic rings. The minimum atomic E-state index is 0.529. The van der Waals surface area contributed by atoms with Gasteiger partial charge >= 0.3 is 0 Å². The van der Waals surface area contributed by atoms with Crippen molar-refractivity contribution in [1.29, 1.82) is 0 Å². The Bertz CT molecular complexity index is 264. The average molecular weight is 145 g/mol. The van der Waals surface area contributed by atoms with Crippen LogP contribution in [0, 0.1) is 6.07 Å². The van der Waals surface area contributed by atoms with Crippen molar-refractivity contribution in [2.45, 2.75) is 25.0 Å². The lowest BCUT2D eigenvalue weighted by Gasteiger charge is -2.09. The van der Waals surface area contributed by atoms with Crippen LogP contribution in [0.1, 0.15) is 11.1 Å². The van der Waals surface area contributed by atoms with E-state index in [0.29, 0.717) is 12.2 Å². The summed E-state index contributed by atoms with van der Waals surface area (Å²) in [6.45, 7) is 0. The molecule has 0 saturated carbocycles. The first-order chi connectivity index (χ1) is 5.43. The molecule has 0 N–H and O–H groups in total. The molecule has 1 nitrogen and oxygen atoms in total. The van der Waals surface area contributed by atoms with Gasteiger partial charge in [0.25, 0.3) is 0 Å². The zero-order valence-electron chi connectivity index (χ0n) is 6.21. The summed E-state index contributed by atoms with van der Waals surface area (Å²) in [5.74, 6) is 0. The lowest BCUT2D eigenvalue weighted by Crippen LogP contribution is -2.11. The number of ether oxygens (including phenoxy) is 1. The molecule has 0 amide bonds. The van der Waals surface area contributed by atoms with Crippen LogP contribution in [0.2, 0.25) is 0 Å². The van der Waals surface area contributed by atoms with E-state index >= 15 is 0 Å². The summed E-state index contributed by atoms with van der Waals surface area (Å²) in [6.07, 6.45) is 3.26. The first-order valence-electron chi connectivity index (χ1n) is 4.07. The summed E-state index contributed by atoms with van der Waals surface area (Å²) < 4.78 is 5.44. The molecule has 11 heavy (non-hydrogen) atoms. The van der Waals surface area contributed by atoms with Crippen LogP contribution in [0.25, 0.3) is 0 Å². The van der Waals surface area contributed by atoms with E-state index in [9.17, 15) is 0 Å². The maximum atomic E-state index is 5.44. The Morgan fingerprint density at radius 3 is 3.27 bits per heavy atom. The third-order valence-electron chi connectivity index (χ3n) is 2.55. The normalized spacial score (nSPS) is 32.4. The van der Waals surface area contributed by atoms with Crippen LogP contribution < -0.4 is 0 Å². The molecule has 3 rings (SSSR count). The molecule has 1 radical (unpaired) electrons. The highest BCUT2D eigenvalue weighted by atomic mass is 16.6. The first kappa shape index (κ1) is 5.78. The van der Waals surface area contributed by atoms with Crippen LogP contribution in [0.3, 0.4) is 0 Å². The van der Waals surface area contributed by atoms with Crippen LogP contribution in [0.15, 0.2) is 18.2 Å². The fourth-order valence-corrected chi connectivity index (χ4v) is 1.84. The van der Waals surface area contributed by atoms with Gasteiger partial charge in [-0.05, 0) is 17.2 Å². The number of benzene rings is 1. The van der Waals surface area contributed by atoms with Crippen LogP contribution >= 0.6 is 0 Å². The van der Waals surface area contributed by atoms with Crippen molar-refractivity contribution in [3.05, 3.63) is 35.4 Å². The summed E-state index contributed by atoms with van der Waals surface area (Å²) in [7, 11) is 0. The van der Waals surface area contributed by atoms with Gasteiger partial charge in [0.15, 0.2) is 0 Å². The summed E-state index contributed by atoms with van der Waals surface area (Å²) >= 11 is 0. The quantitative estimate of drug-likeness (QED) is 0.502. The Hall–Kier alpha value is -0.820. The maximum Gasteiger partial charge on any atom is 0.0885 e. The zero-order chi connectivity index (χ0) is 7.26. The van der Waals surface area contributed by atoms with Gasteiger partial charge in [-0.3, -0.25) is 0 Å². The molecule has 2 atom stereocenters. The van der Waals surface area contributed by atoms with Crippen molar-refractivity contribution in [1.82, 2.24) is 0 Å². The Morgan fingerprint density at radius 1 is 1.36 bits per heavy atom. The highest BCUT2D eigenvalue weighted by molar-refractivity contribution is 5.32. The van der Waals surface area contributed by atoms with Crippen LogP contribution in [-0.4, -0.2) is 12.2 Å². The number of rotatable bonds is 0. The van der Waals surface area contributed by atoms with E-state index < -0.39 is 0 Å². The van der Waals surface area contributed by atoms with Gasteiger partial charge in [0.05, 0.1) is 12.2 Å². The SMILES string of the molecule is [c]1cccc2c1CC1OC1C2. The van der Waals surface area contributed by atoms with Crippen molar-refractivity contribution in [2.75, 3.05) is 0 Å². The molecule has 55 valence electrons. The van der Waals surface area contributed by atoms with Crippen molar-refractivity contribution < 1.29 is 4.74 Å². The molecular formula is C10H9O. The molecule has 1 heteroatoms. The summed E-state index contributed by atoms with van der Waals surface area (Å²) in [4.78, 5) is 0. The molecule has 0 bridgehead atoms. The van der Waals surface area contributed by atoms with Crippen molar-refractivity contribution in [3.63, 3.8) is 0 Å². The summed E-state index contributed by atoms with van der Waals surface area (Å²) in [5.41, 5.74) is 2.80. The first-order valence-corrected chi connectivity index (χ1v) is 4.07. The fourth-order valence-electron chi connectivity index (χ4n) is 1.84. The molecule has 1 saturated heterocycles. The zero-order valence-corrected chi connectivity index (χ0v) is 6.21. The number of hydrogen-bond acceptors (Lipinski definition) is 1. The van der Waals surface area contributed by atoms with E-state index in [1.807, 2.05) is 6.07 Å². The van der Waals surface area contributed by atoms with E-state index in [2.05, 4.69) is 18.2 Å². The Morgan fingerprint density at radius 2 is 2.27 bits per heavy atom. The van der Waals surface area contributed by atoms with Crippen LogP contribution in [0.5, 0.6) is 0 Å². The minimum Gasteiger partial charge on any atom is -0.369 e. The number of hydrogen-bond donors (Lipinski definition) is 0. The average Bonchev–Trinajstić information content (AvgIpc) is 2.77. The lowest BCUT2D eigenvalue weighted by atomic mass is 9.92. The molecule has 1 aliphatic carbocycles. The monoisotopic (exact) mass is 145 g/mol. The third kappa shape index (κ3) is 0.809. The van der Waals surface area contributed by atoms with Crippen molar-refractivity contribution in [2.24, 2.45) is 0 Å². The largest absolute Gasteiger partial charge is 0.369 e. The van der Waals surface area contributed by atoms with Gasteiger partial charge in [-0.1, -0.05) is 18.2 Å².